The van der Waals surface area contributed by atoms with Crippen LogP contribution in [0, 0.1) is 0 Å². The zero-order valence-electron chi connectivity index (χ0n) is 16.0. The molecule has 8 nitrogen and oxygen atoms in total. The van der Waals surface area contributed by atoms with Gasteiger partial charge in [-0.3, -0.25) is 9.59 Å². The Morgan fingerprint density at radius 1 is 1.17 bits per heavy atom. The normalized spacial score (nSPS) is 17.4. The molecule has 1 aliphatic rings. The van der Waals surface area contributed by atoms with Crippen molar-refractivity contribution in [2.45, 2.75) is 23.9 Å². The molecule has 2 amide bonds. The molecule has 2 aromatic carbocycles. The summed E-state index contributed by atoms with van der Waals surface area (Å²) in [6.07, 6.45) is -0.271. The van der Waals surface area contributed by atoms with Gasteiger partial charge in [-0.15, -0.1) is 0 Å². The lowest BCUT2D eigenvalue weighted by molar-refractivity contribution is -0.131. The minimum absolute atomic E-state index is 0.0918. The molecular formula is C20H23N3O5S. The molecule has 154 valence electrons. The van der Waals surface area contributed by atoms with E-state index in [1.807, 2.05) is 18.2 Å². The van der Waals surface area contributed by atoms with Crippen molar-refractivity contribution in [3.8, 4) is 5.75 Å². The van der Waals surface area contributed by atoms with Crippen LogP contribution in [0.25, 0.3) is 0 Å². The van der Waals surface area contributed by atoms with E-state index in [0.717, 1.165) is 9.87 Å². The molecule has 0 unspecified atom stereocenters. The zero-order valence-corrected chi connectivity index (χ0v) is 16.8. The van der Waals surface area contributed by atoms with Crippen LogP contribution in [-0.4, -0.2) is 50.8 Å². The number of benzene rings is 2. The van der Waals surface area contributed by atoms with Crippen LogP contribution in [0.15, 0.2) is 59.5 Å². The molecule has 0 aromatic heterocycles. The number of hydrogen-bond donors (Lipinski definition) is 2. The van der Waals surface area contributed by atoms with Crippen LogP contribution in [0.1, 0.15) is 12.0 Å². The highest BCUT2D eigenvalue weighted by molar-refractivity contribution is 7.89. The predicted octanol–water partition coefficient (Wildman–Crippen LogP) is 0.891. The number of nitrogens with zero attached hydrogens (tertiary/aromatic N) is 1. The molecule has 0 radical (unpaired) electrons. The second-order valence-corrected chi connectivity index (χ2v) is 8.42. The molecule has 2 aromatic rings. The number of hydrogen-bond acceptors (Lipinski definition) is 5. The number of rotatable bonds is 7. The third-order valence-corrected chi connectivity index (χ3v) is 6.60. The van der Waals surface area contributed by atoms with Crippen molar-refractivity contribution >= 4 is 21.8 Å². The fourth-order valence-corrected chi connectivity index (χ4v) is 4.80. The number of para-hydroxylation sites is 1. The Hall–Kier alpha value is -2.91. The molecule has 1 aliphatic heterocycles. The fourth-order valence-electron chi connectivity index (χ4n) is 3.19. The zero-order chi connectivity index (χ0) is 20.9. The molecule has 1 heterocycles. The number of carbonyl (C=O) groups excluding carboxylic acids is 2. The third kappa shape index (κ3) is 4.75. The lowest BCUT2D eigenvalue weighted by Crippen LogP contribution is -2.58. The van der Waals surface area contributed by atoms with Gasteiger partial charge in [0.25, 0.3) is 0 Å². The molecule has 0 spiro atoms. The molecule has 0 bridgehead atoms. The van der Waals surface area contributed by atoms with Gasteiger partial charge < -0.3 is 15.4 Å². The van der Waals surface area contributed by atoms with Gasteiger partial charge >= 0.3 is 0 Å². The van der Waals surface area contributed by atoms with Gasteiger partial charge in [-0.2, -0.15) is 4.31 Å². The standard InChI is InChI=1S/C20H23N3O5S/c1-28-18-10-6-5-7-15(18)14-22-19(24)13-17-20(25)21-11-12-23(17)29(26,27)16-8-3-2-4-9-16/h2-10,17H,11-14H2,1H3,(H,21,25)(H,22,24)/t17-/m1/s1. The Morgan fingerprint density at radius 2 is 1.86 bits per heavy atom. The van der Waals surface area contributed by atoms with E-state index in [-0.39, 0.29) is 31.0 Å². The van der Waals surface area contributed by atoms with E-state index in [1.165, 1.54) is 12.1 Å². The molecule has 1 atom stereocenters. The first-order valence-electron chi connectivity index (χ1n) is 9.16. The first kappa shape index (κ1) is 20.8. The maximum Gasteiger partial charge on any atom is 0.243 e. The Morgan fingerprint density at radius 3 is 2.59 bits per heavy atom. The van der Waals surface area contributed by atoms with Gasteiger partial charge in [-0.05, 0) is 18.2 Å². The summed E-state index contributed by atoms with van der Waals surface area (Å²) in [5.74, 6) is -0.272. The van der Waals surface area contributed by atoms with E-state index in [1.54, 1.807) is 31.4 Å². The van der Waals surface area contributed by atoms with Crippen molar-refractivity contribution in [3.63, 3.8) is 0 Å². The maximum absolute atomic E-state index is 13.0. The van der Waals surface area contributed by atoms with Gasteiger partial charge in [0.1, 0.15) is 11.8 Å². The highest BCUT2D eigenvalue weighted by Crippen LogP contribution is 2.22. The van der Waals surface area contributed by atoms with E-state index in [9.17, 15) is 18.0 Å². The van der Waals surface area contributed by atoms with E-state index >= 15 is 0 Å². The first-order valence-corrected chi connectivity index (χ1v) is 10.6. The highest BCUT2D eigenvalue weighted by Gasteiger charge is 2.39. The van der Waals surface area contributed by atoms with Gasteiger partial charge in [0.15, 0.2) is 0 Å². The molecule has 0 saturated carbocycles. The first-order chi connectivity index (χ1) is 13.9. The topological polar surface area (TPSA) is 105 Å². The minimum atomic E-state index is -3.90. The molecule has 2 N–H and O–H groups in total. The van der Waals surface area contributed by atoms with E-state index in [4.69, 9.17) is 4.74 Å². The van der Waals surface area contributed by atoms with Crippen molar-refractivity contribution < 1.29 is 22.7 Å². The lowest BCUT2D eigenvalue weighted by Gasteiger charge is -2.33. The summed E-state index contributed by atoms with van der Waals surface area (Å²) in [5, 5.41) is 5.37. The van der Waals surface area contributed by atoms with Crippen LogP contribution in [0.5, 0.6) is 5.75 Å². The molecule has 1 fully saturated rings. The van der Waals surface area contributed by atoms with Gasteiger partial charge in [-0.25, -0.2) is 8.42 Å². The van der Waals surface area contributed by atoms with Crippen molar-refractivity contribution in [1.82, 2.24) is 14.9 Å². The average Bonchev–Trinajstić information content (AvgIpc) is 2.74. The molecular weight excluding hydrogens is 394 g/mol. The van der Waals surface area contributed by atoms with Gasteiger partial charge in [0.05, 0.1) is 18.4 Å². The summed E-state index contributed by atoms with van der Waals surface area (Å²) in [6, 6.07) is 14.0. The van der Waals surface area contributed by atoms with Crippen LogP contribution in [0.2, 0.25) is 0 Å². The van der Waals surface area contributed by atoms with Gasteiger partial charge in [-0.1, -0.05) is 36.4 Å². The van der Waals surface area contributed by atoms with Crippen molar-refractivity contribution in [2.75, 3.05) is 20.2 Å². The summed E-state index contributed by atoms with van der Waals surface area (Å²) < 4.78 is 32.3. The highest BCUT2D eigenvalue weighted by atomic mass is 32.2. The average molecular weight is 417 g/mol. The van der Waals surface area contributed by atoms with Crippen LogP contribution >= 0.6 is 0 Å². The Kier molecular flexibility index (Phi) is 6.50. The minimum Gasteiger partial charge on any atom is -0.496 e. The Balaban J connectivity index is 1.73. The van der Waals surface area contributed by atoms with E-state index in [2.05, 4.69) is 10.6 Å². The van der Waals surface area contributed by atoms with E-state index in [0.29, 0.717) is 5.75 Å². The van der Waals surface area contributed by atoms with Gasteiger partial charge in [0.2, 0.25) is 21.8 Å². The number of piperazine rings is 1. The molecule has 9 heteroatoms. The number of nitrogens with one attached hydrogen (secondary N) is 2. The summed E-state index contributed by atoms with van der Waals surface area (Å²) in [6.45, 7) is 0.514. The summed E-state index contributed by atoms with van der Waals surface area (Å²) >= 11 is 0. The van der Waals surface area contributed by atoms with Gasteiger partial charge in [0, 0.05) is 25.2 Å². The van der Waals surface area contributed by atoms with E-state index < -0.39 is 27.9 Å². The van der Waals surface area contributed by atoms with Crippen LogP contribution < -0.4 is 15.4 Å². The second kappa shape index (κ2) is 9.06. The Bertz CT molecular complexity index is 979. The SMILES string of the molecule is COc1ccccc1CNC(=O)C[C@@H]1C(=O)NCCN1S(=O)(=O)c1ccccc1. The molecule has 1 saturated heterocycles. The quantitative estimate of drug-likeness (QED) is 0.696. The molecule has 29 heavy (non-hydrogen) atoms. The van der Waals surface area contributed by atoms with Crippen LogP contribution in [-0.2, 0) is 26.2 Å². The molecule has 3 rings (SSSR count). The predicted molar refractivity (Wildman–Crippen MR) is 107 cm³/mol. The van der Waals surface area contributed by atoms with Crippen molar-refractivity contribution in [2.24, 2.45) is 0 Å². The van der Waals surface area contributed by atoms with Crippen LogP contribution in [0.4, 0.5) is 0 Å². The number of ether oxygens (including phenoxy) is 1. The number of sulfonamides is 1. The van der Waals surface area contributed by atoms with Crippen LogP contribution in [0.3, 0.4) is 0 Å². The number of methoxy groups -OCH3 is 1. The smallest absolute Gasteiger partial charge is 0.243 e. The number of amides is 2. The number of carbonyl (C=O) groups is 2. The lowest BCUT2D eigenvalue weighted by atomic mass is 10.1. The largest absolute Gasteiger partial charge is 0.496 e. The monoisotopic (exact) mass is 417 g/mol. The molecule has 0 aliphatic carbocycles. The fraction of sp³-hybridized carbons (Fsp3) is 0.300. The second-order valence-electron chi connectivity index (χ2n) is 6.53. The summed E-state index contributed by atoms with van der Waals surface area (Å²) in [5.41, 5.74) is 0.783. The summed E-state index contributed by atoms with van der Waals surface area (Å²) in [4.78, 5) is 25.0. The Labute approximate surface area is 169 Å². The van der Waals surface area contributed by atoms with Crippen molar-refractivity contribution in [1.29, 1.82) is 0 Å². The maximum atomic E-state index is 13.0. The summed E-state index contributed by atoms with van der Waals surface area (Å²) in [7, 11) is -2.35. The van der Waals surface area contributed by atoms with Crippen molar-refractivity contribution in [3.05, 3.63) is 60.2 Å². The third-order valence-electron chi connectivity index (χ3n) is 4.68.